The summed E-state index contributed by atoms with van der Waals surface area (Å²) in [7, 11) is -3.63. The van der Waals surface area contributed by atoms with Crippen molar-refractivity contribution in [2.24, 2.45) is 11.3 Å². The molecule has 1 aromatic heterocycles. The maximum Gasteiger partial charge on any atom is 0.245 e. The van der Waals surface area contributed by atoms with Crippen molar-refractivity contribution in [1.82, 2.24) is 9.29 Å². The number of rotatable bonds is 2. The Labute approximate surface area is 120 Å². The topological polar surface area (TPSA) is 74.1 Å². The van der Waals surface area contributed by atoms with Gasteiger partial charge in [0.2, 0.25) is 10.0 Å². The zero-order chi connectivity index (χ0) is 15.0. The third kappa shape index (κ3) is 2.69. The highest BCUT2D eigenvalue weighted by molar-refractivity contribution is 7.89. The molecule has 1 aliphatic heterocycles. The SMILES string of the molecule is CC(C)(C)C1CCN(S(=O)(=O)c2cccnc2C#N)C1. The van der Waals surface area contributed by atoms with E-state index in [0.29, 0.717) is 19.0 Å². The van der Waals surface area contributed by atoms with E-state index in [4.69, 9.17) is 5.26 Å². The summed E-state index contributed by atoms with van der Waals surface area (Å²) in [4.78, 5) is 3.85. The number of hydrogen-bond acceptors (Lipinski definition) is 4. The highest BCUT2D eigenvalue weighted by Crippen LogP contribution is 2.36. The molecule has 1 saturated heterocycles. The Bertz CT molecular complexity index is 641. The van der Waals surface area contributed by atoms with Crippen LogP contribution < -0.4 is 0 Å². The Balaban J connectivity index is 2.32. The van der Waals surface area contributed by atoms with Gasteiger partial charge in [0.15, 0.2) is 5.69 Å². The van der Waals surface area contributed by atoms with Gasteiger partial charge in [-0.3, -0.25) is 0 Å². The first-order chi connectivity index (χ1) is 9.26. The summed E-state index contributed by atoms with van der Waals surface area (Å²) in [5.74, 6) is 0.333. The van der Waals surface area contributed by atoms with Gasteiger partial charge in [-0.25, -0.2) is 13.4 Å². The van der Waals surface area contributed by atoms with Crippen LogP contribution in [0.15, 0.2) is 23.2 Å². The Morgan fingerprint density at radius 1 is 1.45 bits per heavy atom. The van der Waals surface area contributed by atoms with Crippen molar-refractivity contribution in [2.45, 2.75) is 32.1 Å². The lowest BCUT2D eigenvalue weighted by molar-refractivity contribution is 0.252. The van der Waals surface area contributed by atoms with Gasteiger partial charge in [-0.1, -0.05) is 20.8 Å². The van der Waals surface area contributed by atoms with Gasteiger partial charge in [-0.15, -0.1) is 0 Å². The van der Waals surface area contributed by atoms with Crippen LogP contribution in [0, 0.1) is 22.7 Å². The number of sulfonamides is 1. The van der Waals surface area contributed by atoms with Crippen molar-refractivity contribution in [3.8, 4) is 6.07 Å². The molecule has 2 heterocycles. The molecule has 1 fully saturated rings. The van der Waals surface area contributed by atoms with Crippen molar-refractivity contribution in [3.05, 3.63) is 24.0 Å². The second-order valence-corrected chi connectivity index (χ2v) is 8.08. The Hall–Kier alpha value is -1.45. The summed E-state index contributed by atoms with van der Waals surface area (Å²) in [6, 6.07) is 4.85. The molecule has 0 aliphatic carbocycles. The average Bonchev–Trinajstić information content (AvgIpc) is 2.88. The first kappa shape index (κ1) is 14.9. The summed E-state index contributed by atoms with van der Waals surface area (Å²) < 4.78 is 26.7. The van der Waals surface area contributed by atoms with E-state index < -0.39 is 10.0 Å². The molecule has 0 spiro atoms. The quantitative estimate of drug-likeness (QED) is 0.836. The summed E-state index contributed by atoms with van der Waals surface area (Å²) in [5, 5.41) is 9.01. The minimum Gasteiger partial charge on any atom is -0.244 e. The van der Waals surface area contributed by atoms with Gasteiger partial charge in [-0.05, 0) is 29.9 Å². The second kappa shape index (κ2) is 5.15. The lowest BCUT2D eigenvalue weighted by atomic mass is 9.80. The van der Waals surface area contributed by atoms with Crippen molar-refractivity contribution in [2.75, 3.05) is 13.1 Å². The summed E-state index contributed by atoms with van der Waals surface area (Å²) in [6.07, 6.45) is 2.28. The largest absolute Gasteiger partial charge is 0.245 e. The fourth-order valence-corrected chi connectivity index (χ4v) is 4.07. The van der Waals surface area contributed by atoms with E-state index in [9.17, 15) is 8.42 Å². The molecular weight excluding hydrogens is 274 g/mol. The molecule has 0 amide bonds. The summed E-state index contributed by atoms with van der Waals surface area (Å²) >= 11 is 0. The lowest BCUT2D eigenvalue weighted by Crippen LogP contribution is -2.31. The average molecular weight is 293 g/mol. The van der Waals surface area contributed by atoms with Crippen LogP contribution >= 0.6 is 0 Å². The Morgan fingerprint density at radius 2 is 2.15 bits per heavy atom. The lowest BCUT2D eigenvalue weighted by Gasteiger charge is -2.26. The monoisotopic (exact) mass is 293 g/mol. The zero-order valence-electron chi connectivity index (χ0n) is 12.0. The molecule has 6 heteroatoms. The summed E-state index contributed by atoms with van der Waals surface area (Å²) in [5.41, 5.74) is 0.0452. The highest BCUT2D eigenvalue weighted by atomic mass is 32.2. The van der Waals surface area contributed by atoms with Crippen molar-refractivity contribution < 1.29 is 8.42 Å². The third-order valence-electron chi connectivity index (χ3n) is 3.87. The van der Waals surface area contributed by atoms with Gasteiger partial charge in [0.25, 0.3) is 0 Å². The number of nitriles is 1. The van der Waals surface area contributed by atoms with E-state index in [1.54, 1.807) is 6.07 Å². The number of nitrogens with zero attached hydrogens (tertiary/aromatic N) is 3. The van der Waals surface area contributed by atoms with Crippen LogP contribution in [0.25, 0.3) is 0 Å². The van der Waals surface area contributed by atoms with Crippen LogP contribution in [0.3, 0.4) is 0 Å². The van der Waals surface area contributed by atoms with Crippen LogP contribution in [0.2, 0.25) is 0 Å². The maximum atomic E-state index is 12.6. The fourth-order valence-electron chi connectivity index (χ4n) is 2.48. The predicted octanol–water partition coefficient (Wildman–Crippen LogP) is 2.01. The molecular formula is C14H19N3O2S. The van der Waals surface area contributed by atoms with Crippen LogP contribution in [0.5, 0.6) is 0 Å². The molecule has 2 rings (SSSR count). The third-order valence-corrected chi connectivity index (χ3v) is 5.77. The Kier molecular flexibility index (Phi) is 3.85. The first-order valence-electron chi connectivity index (χ1n) is 6.62. The normalized spacial score (nSPS) is 20.8. The van der Waals surface area contributed by atoms with Gasteiger partial charge >= 0.3 is 0 Å². The minimum absolute atomic E-state index is 0.0112. The van der Waals surface area contributed by atoms with Crippen LogP contribution in [0.1, 0.15) is 32.9 Å². The van der Waals surface area contributed by atoms with Gasteiger partial charge in [0.1, 0.15) is 11.0 Å². The predicted molar refractivity (Wildman–Crippen MR) is 75.3 cm³/mol. The van der Waals surface area contributed by atoms with E-state index in [2.05, 4.69) is 25.8 Å². The minimum atomic E-state index is -3.63. The van der Waals surface area contributed by atoms with Gasteiger partial charge in [0, 0.05) is 19.3 Å². The van der Waals surface area contributed by atoms with Crippen LogP contribution in [-0.2, 0) is 10.0 Å². The van der Waals surface area contributed by atoms with E-state index in [-0.39, 0.29) is 16.0 Å². The maximum absolute atomic E-state index is 12.6. The molecule has 0 radical (unpaired) electrons. The second-order valence-electron chi connectivity index (χ2n) is 6.18. The molecule has 1 aliphatic rings. The fraction of sp³-hybridized carbons (Fsp3) is 0.571. The van der Waals surface area contributed by atoms with Gasteiger partial charge in [0.05, 0.1) is 0 Å². The highest BCUT2D eigenvalue weighted by Gasteiger charge is 2.38. The molecule has 0 bridgehead atoms. The molecule has 0 N–H and O–H groups in total. The molecule has 5 nitrogen and oxygen atoms in total. The number of pyridine rings is 1. The standard InChI is InChI=1S/C14H19N3O2S/c1-14(2,3)11-6-8-17(10-11)20(18,19)13-5-4-7-16-12(13)9-15/h4-5,7,11H,6,8,10H2,1-3H3. The molecule has 1 unspecified atom stereocenters. The Morgan fingerprint density at radius 3 is 2.70 bits per heavy atom. The van der Waals surface area contributed by atoms with Crippen LogP contribution in [-0.4, -0.2) is 30.8 Å². The molecule has 1 atom stereocenters. The van der Waals surface area contributed by atoms with Crippen molar-refractivity contribution in [1.29, 1.82) is 5.26 Å². The van der Waals surface area contributed by atoms with Gasteiger partial charge in [-0.2, -0.15) is 9.57 Å². The molecule has 0 saturated carbocycles. The van der Waals surface area contributed by atoms with Crippen molar-refractivity contribution >= 4 is 10.0 Å². The van der Waals surface area contributed by atoms with E-state index in [1.807, 2.05) is 6.07 Å². The van der Waals surface area contributed by atoms with Crippen molar-refractivity contribution in [3.63, 3.8) is 0 Å². The van der Waals surface area contributed by atoms with E-state index in [1.165, 1.54) is 16.6 Å². The molecule has 1 aromatic rings. The summed E-state index contributed by atoms with van der Waals surface area (Å²) in [6.45, 7) is 7.38. The number of aromatic nitrogens is 1. The molecule has 0 aromatic carbocycles. The zero-order valence-corrected chi connectivity index (χ0v) is 12.8. The van der Waals surface area contributed by atoms with E-state index in [0.717, 1.165) is 6.42 Å². The molecule has 20 heavy (non-hydrogen) atoms. The van der Waals surface area contributed by atoms with Crippen LogP contribution in [0.4, 0.5) is 0 Å². The number of hydrogen-bond donors (Lipinski definition) is 0. The smallest absolute Gasteiger partial charge is 0.244 e. The van der Waals surface area contributed by atoms with Gasteiger partial charge < -0.3 is 0 Å². The first-order valence-corrected chi connectivity index (χ1v) is 8.06. The van der Waals surface area contributed by atoms with E-state index >= 15 is 0 Å². The molecule has 108 valence electrons.